The van der Waals surface area contributed by atoms with Gasteiger partial charge in [-0.15, -0.1) is 0 Å². The lowest BCUT2D eigenvalue weighted by atomic mass is 10.2. The standard InChI is InChI=1S/C8H15IN2O2S/c1-5-7(11(4)9)8(6(2)3)14(10,12)13/h5H,1-4H3,(H2,10,12,13)/b7-5+. The molecule has 0 amide bonds. The average Bonchev–Trinajstić information content (AvgIpc) is 1.95. The van der Waals surface area contributed by atoms with Crippen LogP contribution in [0, 0.1) is 0 Å². The number of rotatable bonds is 3. The third-order valence-electron chi connectivity index (χ3n) is 1.58. The zero-order valence-electron chi connectivity index (χ0n) is 8.70. The predicted molar refractivity (Wildman–Crippen MR) is 67.0 cm³/mol. The van der Waals surface area contributed by atoms with E-state index in [-0.39, 0.29) is 4.91 Å². The maximum atomic E-state index is 11.3. The molecular formula is C8H15IN2O2S. The Balaban J connectivity index is 5.62. The fourth-order valence-corrected chi connectivity index (χ4v) is 2.93. The smallest absolute Gasteiger partial charge is 0.240 e. The Hall–Kier alpha value is -0.0800. The minimum absolute atomic E-state index is 0.192. The van der Waals surface area contributed by atoms with Crippen molar-refractivity contribution in [2.75, 3.05) is 7.05 Å². The van der Waals surface area contributed by atoms with Gasteiger partial charge in [0, 0.05) is 7.05 Å². The second kappa shape index (κ2) is 5.13. The van der Waals surface area contributed by atoms with Crippen molar-refractivity contribution >= 4 is 32.9 Å². The molecule has 0 saturated heterocycles. The van der Waals surface area contributed by atoms with Crippen LogP contribution in [0.15, 0.2) is 22.3 Å². The molecule has 14 heavy (non-hydrogen) atoms. The van der Waals surface area contributed by atoms with Crippen LogP contribution in [0.5, 0.6) is 0 Å². The second-order valence-electron chi connectivity index (χ2n) is 3.03. The van der Waals surface area contributed by atoms with Crippen molar-refractivity contribution in [2.24, 2.45) is 5.14 Å². The van der Waals surface area contributed by atoms with Crippen LogP contribution in [-0.2, 0) is 10.0 Å². The van der Waals surface area contributed by atoms with Crippen molar-refractivity contribution < 1.29 is 8.42 Å². The van der Waals surface area contributed by atoms with E-state index >= 15 is 0 Å². The van der Waals surface area contributed by atoms with Crippen LogP contribution in [0.25, 0.3) is 0 Å². The molecule has 0 unspecified atom stereocenters. The van der Waals surface area contributed by atoms with E-state index in [4.69, 9.17) is 5.14 Å². The molecule has 0 radical (unpaired) electrons. The summed E-state index contributed by atoms with van der Waals surface area (Å²) in [5.74, 6) is 0. The lowest BCUT2D eigenvalue weighted by Crippen LogP contribution is -2.21. The van der Waals surface area contributed by atoms with Gasteiger partial charge in [0.25, 0.3) is 0 Å². The van der Waals surface area contributed by atoms with Gasteiger partial charge in [0.2, 0.25) is 10.0 Å². The first-order valence-electron chi connectivity index (χ1n) is 3.98. The zero-order valence-corrected chi connectivity index (χ0v) is 11.7. The lowest BCUT2D eigenvalue weighted by molar-refractivity contribution is 0.601. The van der Waals surface area contributed by atoms with Gasteiger partial charge in [0.05, 0.1) is 28.6 Å². The highest BCUT2D eigenvalue weighted by molar-refractivity contribution is 14.1. The Kier molecular flexibility index (Phi) is 5.10. The van der Waals surface area contributed by atoms with E-state index in [1.54, 1.807) is 37.0 Å². The summed E-state index contributed by atoms with van der Waals surface area (Å²) in [6.45, 7) is 5.23. The number of hydrogen-bond donors (Lipinski definition) is 1. The van der Waals surface area contributed by atoms with Crippen LogP contribution in [0.3, 0.4) is 0 Å². The molecule has 2 N–H and O–H groups in total. The minimum atomic E-state index is -3.66. The monoisotopic (exact) mass is 330 g/mol. The first kappa shape index (κ1) is 13.9. The van der Waals surface area contributed by atoms with Crippen LogP contribution in [-0.4, -0.2) is 18.6 Å². The van der Waals surface area contributed by atoms with Crippen LogP contribution in [0.4, 0.5) is 0 Å². The number of nitrogens with zero attached hydrogens (tertiary/aromatic N) is 1. The molecule has 0 fully saturated rings. The number of allylic oxidation sites excluding steroid dienone is 2. The van der Waals surface area contributed by atoms with E-state index in [9.17, 15) is 8.42 Å². The van der Waals surface area contributed by atoms with Crippen molar-refractivity contribution in [1.82, 2.24) is 3.11 Å². The SMILES string of the molecule is C/C=C(\C(=C(C)C)S(N)(=O)=O)N(C)I. The molecule has 0 aromatic heterocycles. The number of nitrogens with two attached hydrogens (primary N) is 1. The van der Waals surface area contributed by atoms with Crippen LogP contribution in [0.2, 0.25) is 0 Å². The molecule has 4 nitrogen and oxygen atoms in total. The van der Waals surface area contributed by atoms with E-state index in [1.807, 2.05) is 22.9 Å². The Morgan fingerprint density at radius 2 is 1.86 bits per heavy atom. The van der Waals surface area contributed by atoms with Crippen molar-refractivity contribution in [3.05, 3.63) is 22.3 Å². The number of primary sulfonamides is 1. The molecule has 0 atom stereocenters. The molecular weight excluding hydrogens is 315 g/mol. The van der Waals surface area contributed by atoms with Gasteiger partial charge in [-0.25, -0.2) is 13.6 Å². The molecule has 0 aromatic carbocycles. The third kappa shape index (κ3) is 3.58. The van der Waals surface area contributed by atoms with Crippen molar-refractivity contribution in [3.8, 4) is 0 Å². The Bertz CT molecular complexity index is 365. The Labute approximate surface area is 99.4 Å². The van der Waals surface area contributed by atoms with Crippen molar-refractivity contribution in [2.45, 2.75) is 20.8 Å². The molecule has 0 aromatic rings. The van der Waals surface area contributed by atoms with E-state index < -0.39 is 10.0 Å². The quantitative estimate of drug-likeness (QED) is 0.487. The largest absolute Gasteiger partial charge is 0.317 e. The summed E-state index contributed by atoms with van der Waals surface area (Å²) in [5.41, 5.74) is 1.29. The lowest BCUT2D eigenvalue weighted by Gasteiger charge is -2.17. The zero-order chi connectivity index (χ0) is 11.5. The fourth-order valence-electron chi connectivity index (χ4n) is 1.14. The molecule has 0 bridgehead atoms. The fraction of sp³-hybridized carbons (Fsp3) is 0.500. The van der Waals surface area contributed by atoms with Gasteiger partial charge in [-0.1, -0.05) is 11.6 Å². The van der Waals surface area contributed by atoms with Gasteiger partial charge in [0.1, 0.15) is 4.91 Å². The van der Waals surface area contributed by atoms with Crippen LogP contribution in [0.1, 0.15) is 20.8 Å². The molecule has 0 saturated carbocycles. The summed E-state index contributed by atoms with van der Waals surface area (Å²) in [6, 6.07) is 0. The highest BCUT2D eigenvalue weighted by atomic mass is 127. The normalized spacial score (nSPS) is 12.6. The van der Waals surface area contributed by atoms with Gasteiger partial charge in [-0.05, 0) is 20.8 Å². The summed E-state index contributed by atoms with van der Waals surface area (Å²) in [5, 5.41) is 5.14. The summed E-state index contributed by atoms with van der Waals surface area (Å²) in [6.07, 6.45) is 1.72. The van der Waals surface area contributed by atoms with E-state index in [0.717, 1.165) is 0 Å². The molecule has 0 aliphatic heterocycles. The Morgan fingerprint density at radius 3 is 1.93 bits per heavy atom. The first-order valence-corrected chi connectivity index (χ1v) is 6.49. The van der Waals surface area contributed by atoms with Crippen molar-refractivity contribution in [3.63, 3.8) is 0 Å². The second-order valence-corrected chi connectivity index (χ2v) is 5.97. The molecule has 0 aliphatic rings. The van der Waals surface area contributed by atoms with Gasteiger partial charge in [0.15, 0.2) is 0 Å². The number of likely N-dealkylation sites (N-methyl/N-ethyl adjacent to an activating group) is 1. The predicted octanol–water partition coefficient (Wildman–Crippen LogP) is 1.75. The van der Waals surface area contributed by atoms with E-state index in [0.29, 0.717) is 11.3 Å². The van der Waals surface area contributed by atoms with Crippen LogP contribution >= 0.6 is 22.9 Å². The van der Waals surface area contributed by atoms with Gasteiger partial charge < -0.3 is 3.11 Å². The molecule has 0 spiro atoms. The average molecular weight is 330 g/mol. The van der Waals surface area contributed by atoms with E-state index in [1.165, 1.54) is 0 Å². The van der Waals surface area contributed by atoms with Crippen molar-refractivity contribution in [1.29, 1.82) is 0 Å². The highest BCUT2D eigenvalue weighted by Crippen LogP contribution is 2.23. The summed E-state index contributed by atoms with van der Waals surface area (Å²) >= 11 is 2.00. The van der Waals surface area contributed by atoms with Crippen LogP contribution < -0.4 is 5.14 Å². The summed E-state index contributed by atoms with van der Waals surface area (Å²) in [4.78, 5) is 0.192. The summed E-state index contributed by atoms with van der Waals surface area (Å²) < 4.78 is 24.4. The number of halogens is 1. The van der Waals surface area contributed by atoms with E-state index in [2.05, 4.69) is 0 Å². The van der Waals surface area contributed by atoms with Gasteiger partial charge in [-0.2, -0.15) is 0 Å². The molecule has 82 valence electrons. The van der Waals surface area contributed by atoms with Gasteiger partial charge >= 0.3 is 0 Å². The Morgan fingerprint density at radius 1 is 1.43 bits per heavy atom. The number of sulfonamides is 1. The minimum Gasteiger partial charge on any atom is -0.317 e. The topological polar surface area (TPSA) is 63.4 Å². The van der Waals surface area contributed by atoms with Gasteiger partial charge in [-0.3, -0.25) is 0 Å². The molecule has 6 heteroatoms. The number of hydrogen-bond acceptors (Lipinski definition) is 3. The first-order chi connectivity index (χ1) is 6.21. The highest BCUT2D eigenvalue weighted by Gasteiger charge is 2.20. The maximum Gasteiger partial charge on any atom is 0.240 e. The summed E-state index contributed by atoms with van der Waals surface area (Å²) in [7, 11) is -1.89. The third-order valence-corrected chi connectivity index (χ3v) is 3.28. The molecule has 0 rings (SSSR count). The molecule has 0 heterocycles. The molecule has 0 aliphatic carbocycles. The maximum absolute atomic E-state index is 11.3.